The minimum atomic E-state index is -0.454. The van der Waals surface area contributed by atoms with E-state index in [1.165, 1.54) is 10.7 Å². The highest BCUT2D eigenvalue weighted by Crippen LogP contribution is 2.32. The van der Waals surface area contributed by atoms with Crippen LogP contribution >= 0.6 is 0 Å². The molecule has 0 saturated carbocycles. The molecule has 1 aliphatic rings. The van der Waals surface area contributed by atoms with E-state index in [-0.39, 0.29) is 16.9 Å². The molecule has 2 heterocycles. The summed E-state index contributed by atoms with van der Waals surface area (Å²) in [5, 5.41) is 17.9. The third-order valence-corrected chi connectivity index (χ3v) is 6.71. The van der Waals surface area contributed by atoms with Gasteiger partial charge < -0.3 is 9.80 Å². The average molecular weight is 470 g/mol. The first kappa shape index (κ1) is 22.7. The van der Waals surface area contributed by atoms with Crippen molar-refractivity contribution in [2.24, 2.45) is 0 Å². The molecule has 1 fully saturated rings. The summed E-state index contributed by atoms with van der Waals surface area (Å²) < 4.78 is 1.21. The lowest BCUT2D eigenvalue weighted by atomic mass is 9.99. The lowest BCUT2D eigenvalue weighted by molar-refractivity contribution is -0.384. The molecule has 0 spiro atoms. The van der Waals surface area contributed by atoms with Crippen molar-refractivity contribution >= 4 is 22.1 Å². The van der Waals surface area contributed by atoms with E-state index in [9.17, 15) is 14.9 Å². The topological polar surface area (TPSA) is 84.5 Å². The van der Waals surface area contributed by atoms with Crippen LogP contribution in [0.25, 0.3) is 27.7 Å². The molecule has 4 aromatic rings. The molecule has 8 heteroatoms. The van der Waals surface area contributed by atoms with Gasteiger partial charge in [-0.3, -0.25) is 14.9 Å². The van der Waals surface area contributed by atoms with Crippen LogP contribution in [0.4, 0.5) is 11.4 Å². The van der Waals surface area contributed by atoms with Gasteiger partial charge in [-0.25, -0.2) is 0 Å². The number of nitro benzene ring substituents is 1. The Hall–Kier alpha value is -4.04. The van der Waals surface area contributed by atoms with E-state index < -0.39 is 4.92 Å². The van der Waals surface area contributed by atoms with Gasteiger partial charge in [-0.1, -0.05) is 35.9 Å². The molecular weight excluding hydrogens is 442 g/mol. The number of likely N-dealkylation sites (N-methyl/N-ethyl adjacent to an activating group) is 1. The fourth-order valence-corrected chi connectivity index (χ4v) is 4.64. The highest BCUT2D eigenvalue weighted by molar-refractivity contribution is 5.94. The molecule has 0 atom stereocenters. The second-order valence-electron chi connectivity index (χ2n) is 9.15. The summed E-state index contributed by atoms with van der Waals surface area (Å²) in [6.45, 7) is 7.42. The Bertz CT molecular complexity index is 1500. The SMILES string of the molecule is Cc1ccc(C)c(-c2nn(-c3cc(N4CCN(C)CC4)ccc3[N+](=O)[O-])c(=O)c3ccccc23)c1. The molecule has 1 aromatic heterocycles. The fourth-order valence-electron chi connectivity index (χ4n) is 4.64. The van der Waals surface area contributed by atoms with Gasteiger partial charge in [0.1, 0.15) is 5.69 Å². The van der Waals surface area contributed by atoms with E-state index in [1.807, 2.05) is 44.2 Å². The predicted octanol–water partition coefficient (Wildman–Crippen LogP) is 4.33. The number of nitro groups is 1. The van der Waals surface area contributed by atoms with E-state index in [0.717, 1.165) is 53.9 Å². The molecule has 1 aliphatic heterocycles. The largest absolute Gasteiger partial charge is 0.369 e. The number of hydrogen-bond acceptors (Lipinski definition) is 6. The van der Waals surface area contributed by atoms with Crippen molar-refractivity contribution in [3.8, 4) is 16.9 Å². The van der Waals surface area contributed by atoms with E-state index in [0.29, 0.717) is 11.1 Å². The van der Waals surface area contributed by atoms with Gasteiger partial charge in [0.2, 0.25) is 0 Å². The second kappa shape index (κ2) is 8.96. The average Bonchev–Trinajstić information content (AvgIpc) is 2.86. The van der Waals surface area contributed by atoms with Crippen LogP contribution in [-0.4, -0.2) is 52.8 Å². The van der Waals surface area contributed by atoms with Crippen LogP contribution in [0.2, 0.25) is 0 Å². The van der Waals surface area contributed by atoms with Gasteiger partial charge in [-0.2, -0.15) is 9.78 Å². The maximum atomic E-state index is 13.6. The Morgan fingerprint density at radius 1 is 0.914 bits per heavy atom. The fraction of sp³-hybridized carbons (Fsp3) is 0.259. The van der Waals surface area contributed by atoms with Gasteiger partial charge in [0.05, 0.1) is 16.0 Å². The Morgan fingerprint density at radius 3 is 2.34 bits per heavy atom. The number of aromatic nitrogens is 2. The van der Waals surface area contributed by atoms with Crippen molar-refractivity contribution in [2.45, 2.75) is 13.8 Å². The number of nitrogens with zero attached hydrogens (tertiary/aromatic N) is 5. The van der Waals surface area contributed by atoms with Crippen molar-refractivity contribution < 1.29 is 4.92 Å². The Balaban J connectivity index is 1.78. The minimum Gasteiger partial charge on any atom is -0.369 e. The van der Waals surface area contributed by atoms with Gasteiger partial charge >= 0.3 is 0 Å². The molecule has 8 nitrogen and oxygen atoms in total. The molecule has 178 valence electrons. The van der Waals surface area contributed by atoms with Gasteiger partial charge in [0, 0.05) is 48.9 Å². The number of fused-ring (bicyclic) bond motifs is 1. The lowest BCUT2D eigenvalue weighted by Gasteiger charge is -2.34. The molecule has 0 bridgehead atoms. The molecule has 5 rings (SSSR count). The highest BCUT2D eigenvalue weighted by Gasteiger charge is 2.24. The van der Waals surface area contributed by atoms with Crippen LogP contribution in [0.15, 0.2) is 65.5 Å². The van der Waals surface area contributed by atoms with Crippen LogP contribution in [0.5, 0.6) is 0 Å². The van der Waals surface area contributed by atoms with Crippen LogP contribution < -0.4 is 10.5 Å². The first-order valence-corrected chi connectivity index (χ1v) is 11.7. The number of hydrogen-bond donors (Lipinski definition) is 0. The quantitative estimate of drug-likeness (QED) is 0.327. The molecule has 0 N–H and O–H groups in total. The summed E-state index contributed by atoms with van der Waals surface area (Å²) in [7, 11) is 2.08. The second-order valence-corrected chi connectivity index (χ2v) is 9.15. The molecular formula is C27H27N5O3. The maximum absolute atomic E-state index is 13.6. The monoisotopic (exact) mass is 469 g/mol. The first-order valence-electron chi connectivity index (χ1n) is 11.7. The number of piperazine rings is 1. The standard InChI is InChI=1S/C27H27N5O3/c1-18-8-9-19(2)23(16-18)26-21-6-4-5-7-22(21)27(33)31(28-26)25-17-20(10-11-24(25)32(34)35)30-14-12-29(3)13-15-30/h4-11,16-17H,12-15H2,1-3H3. The van der Waals surface area contributed by atoms with Crippen LogP contribution in [0.1, 0.15) is 11.1 Å². The van der Waals surface area contributed by atoms with Crippen molar-refractivity contribution in [1.29, 1.82) is 0 Å². The van der Waals surface area contributed by atoms with Gasteiger partial charge in [0.25, 0.3) is 11.2 Å². The summed E-state index contributed by atoms with van der Waals surface area (Å²) in [6.07, 6.45) is 0. The number of benzene rings is 3. The van der Waals surface area contributed by atoms with Gasteiger partial charge in [-0.05, 0) is 50.7 Å². The third-order valence-electron chi connectivity index (χ3n) is 6.71. The number of aryl methyl sites for hydroxylation is 2. The molecule has 0 aliphatic carbocycles. The lowest BCUT2D eigenvalue weighted by Crippen LogP contribution is -2.44. The molecule has 3 aromatic carbocycles. The van der Waals surface area contributed by atoms with E-state index >= 15 is 0 Å². The maximum Gasteiger partial charge on any atom is 0.295 e. The number of anilines is 1. The Kier molecular flexibility index (Phi) is 5.82. The van der Waals surface area contributed by atoms with Gasteiger partial charge in [-0.15, -0.1) is 0 Å². The minimum absolute atomic E-state index is 0.153. The zero-order valence-electron chi connectivity index (χ0n) is 20.1. The third kappa shape index (κ3) is 4.17. The van der Waals surface area contributed by atoms with Crippen molar-refractivity contribution in [1.82, 2.24) is 14.7 Å². The van der Waals surface area contributed by atoms with E-state index in [1.54, 1.807) is 24.3 Å². The molecule has 35 heavy (non-hydrogen) atoms. The highest BCUT2D eigenvalue weighted by atomic mass is 16.6. The van der Waals surface area contributed by atoms with Gasteiger partial charge in [0.15, 0.2) is 0 Å². The van der Waals surface area contributed by atoms with Crippen molar-refractivity contribution in [3.05, 3.63) is 92.3 Å². The molecule has 0 amide bonds. The number of rotatable bonds is 4. The predicted molar refractivity (Wildman–Crippen MR) is 139 cm³/mol. The van der Waals surface area contributed by atoms with E-state index in [2.05, 4.69) is 16.8 Å². The zero-order chi connectivity index (χ0) is 24.7. The van der Waals surface area contributed by atoms with Crippen molar-refractivity contribution in [2.75, 3.05) is 38.1 Å². The molecule has 0 unspecified atom stereocenters. The zero-order valence-corrected chi connectivity index (χ0v) is 20.1. The van der Waals surface area contributed by atoms with Crippen LogP contribution in [0.3, 0.4) is 0 Å². The normalized spacial score (nSPS) is 14.4. The summed E-state index contributed by atoms with van der Waals surface area (Å²) >= 11 is 0. The summed E-state index contributed by atoms with van der Waals surface area (Å²) in [5.74, 6) is 0. The first-order chi connectivity index (χ1) is 16.8. The summed E-state index contributed by atoms with van der Waals surface area (Å²) in [4.78, 5) is 29.6. The summed E-state index contributed by atoms with van der Waals surface area (Å²) in [6, 6.07) is 18.3. The van der Waals surface area contributed by atoms with Crippen molar-refractivity contribution in [3.63, 3.8) is 0 Å². The smallest absolute Gasteiger partial charge is 0.295 e. The van der Waals surface area contributed by atoms with Crippen LogP contribution in [0, 0.1) is 24.0 Å². The Labute approximate surface area is 203 Å². The molecule has 1 saturated heterocycles. The summed E-state index contributed by atoms with van der Waals surface area (Å²) in [5.41, 5.74) is 4.08. The molecule has 0 radical (unpaired) electrons. The Morgan fingerprint density at radius 2 is 1.63 bits per heavy atom. The van der Waals surface area contributed by atoms with Crippen LogP contribution in [-0.2, 0) is 0 Å². The van der Waals surface area contributed by atoms with E-state index in [4.69, 9.17) is 5.10 Å².